The maximum atomic E-state index is 12.6. The highest BCUT2D eigenvalue weighted by atomic mass is 16.5. The van der Waals surface area contributed by atoms with E-state index < -0.39 is 5.91 Å². The van der Waals surface area contributed by atoms with Crippen LogP contribution in [0.3, 0.4) is 0 Å². The van der Waals surface area contributed by atoms with Gasteiger partial charge in [0.05, 0.1) is 11.8 Å². The Bertz CT molecular complexity index is 1060. The van der Waals surface area contributed by atoms with E-state index in [1.807, 2.05) is 48.5 Å². The lowest BCUT2D eigenvalue weighted by Crippen LogP contribution is -2.22. The summed E-state index contributed by atoms with van der Waals surface area (Å²) < 4.78 is 5.70. The van der Waals surface area contributed by atoms with Crippen LogP contribution in [0.2, 0.25) is 0 Å². The zero-order chi connectivity index (χ0) is 22.9. The van der Waals surface area contributed by atoms with Crippen LogP contribution in [-0.4, -0.2) is 34.8 Å². The largest absolute Gasteiger partial charge is 0.487 e. The van der Waals surface area contributed by atoms with Crippen LogP contribution in [0.5, 0.6) is 5.75 Å². The fourth-order valence-corrected chi connectivity index (χ4v) is 3.21. The first kappa shape index (κ1) is 23.0. The number of benzene rings is 2. The van der Waals surface area contributed by atoms with Gasteiger partial charge in [-0.25, -0.2) is 0 Å². The highest BCUT2D eigenvalue weighted by Gasteiger charge is 2.09. The highest BCUT2D eigenvalue weighted by molar-refractivity contribution is 6.04. The summed E-state index contributed by atoms with van der Waals surface area (Å²) in [6.45, 7) is 7.39. The second-order valence-electron chi connectivity index (χ2n) is 7.38. The van der Waals surface area contributed by atoms with Gasteiger partial charge in [-0.1, -0.05) is 38.1 Å². The topological polar surface area (TPSA) is 97.6 Å². The normalized spacial score (nSPS) is 10.7. The van der Waals surface area contributed by atoms with Gasteiger partial charge in [-0.3, -0.25) is 19.5 Å². The minimum atomic E-state index is -0.561. The fourth-order valence-electron chi connectivity index (χ4n) is 3.21. The van der Waals surface area contributed by atoms with E-state index in [9.17, 15) is 9.59 Å². The number of amides is 2. The zero-order valence-corrected chi connectivity index (χ0v) is 18.4. The Hall–Kier alpha value is -3.71. The molecule has 0 atom stereocenters. The lowest BCUT2D eigenvalue weighted by molar-refractivity contribution is 0.0997. The van der Waals surface area contributed by atoms with Gasteiger partial charge in [0.2, 0.25) is 5.91 Å². The molecule has 0 spiro atoms. The van der Waals surface area contributed by atoms with E-state index in [4.69, 9.17) is 10.5 Å². The maximum Gasteiger partial charge on any atom is 0.255 e. The number of hydrogen-bond donors (Lipinski definition) is 2. The number of pyridine rings is 1. The van der Waals surface area contributed by atoms with Crippen molar-refractivity contribution in [3.63, 3.8) is 0 Å². The molecule has 7 nitrogen and oxygen atoms in total. The van der Waals surface area contributed by atoms with Crippen molar-refractivity contribution in [1.82, 2.24) is 9.88 Å². The molecule has 0 bridgehead atoms. The number of aromatic nitrogens is 1. The molecule has 1 heterocycles. The van der Waals surface area contributed by atoms with Crippen molar-refractivity contribution in [2.24, 2.45) is 5.73 Å². The summed E-state index contributed by atoms with van der Waals surface area (Å²) >= 11 is 0. The predicted octanol–water partition coefficient (Wildman–Crippen LogP) is 3.85. The third-order valence-electron chi connectivity index (χ3n) is 5.10. The second kappa shape index (κ2) is 11.1. The van der Waals surface area contributed by atoms with Crippen molar-refractivity contribution in [3.05, 3.63) is 89.2 Å². The SMILES string of the molecule is CCN(CC)Cc1ccc(C(=O)Nc2cccc(COc3cncc(C(N)=O)c3)c2)cc1. The van der Waals surface area contributed by atoms with Crippen molar-refractivity contribution >= 4 is 17.5 Å². The summed E-state index contributed by atoms with van der Waals surface area (Å²) in [5.74, 6) is -0.287. The molecule has 166 valence electrons. The molecule has 3 rings (SSSR count). The van der Waals surface area contributed by atoms with Crippen LogP contribution in [0.15, 0.2) is 67.0 Å². The number of primary amides is 1. The summed E-state index contributed by atoms with van der Waals surface area (Å²) in [6, 6.07) is 16.6. The minimum Gasteiger partial charge on any atom is -0.487 e. The van der Waals surface area contributed by atoms with E-state index in [1.165, 1.54) is 18.0 Å². The number of ether oxygens (including phenoxy) is 1. The number of rotatable bonds is 10. The van der Waals surface area contributed by atoms with E-state index in [0.717, 1.165) is 25.2 Å². The monoisotopic (exact) mass is 432 g/mol. The molecular formula is C25H28N4O3. The molecule has 0 radical (unpaired) electrons. The van der Waals surface area contributed by atoms with Gasteiger partial charge in [-0.2, -0.15) is 0 Å². The van der Waals surface area contributed by atoms with Crippen LogP contribution in [-0.2, 0) is 13.2 Å². The Morgan fingerprint density at radius 1 is 0.969 bits per heavy atom. The number of nitrogens with two attached hydrogens (primary N) is 1. The van der Waals surface area contributed by atoms with Gasteiger partial charge in [0.15, 0.2) is 0 Å². The van der Waals surface area contributed by atoms with E-state index in [2.05, 4.69) is 29.0 Å². The number of nitrogens with one attached hydrogen (secondary N) is 1. The Morgan fingerprint density at radius 2 is 1.72 bits per heavy atom. The average molecular weight is 433 g/mol. The Morgan fingerprint density at radius 3 is 2.41 bits per heavy atom. The van der Waals surface area contributed by atoms with Gasteiger partial charge >= 0.3 is 0 Å². The molecule has 3 aromatic rings. The standard InChI is InChI=1S/C25H28N4O3/c1-3-29(4-2)16-18-8-10-20(11-9-18)25(31)28-22-7-5-6-19(12-22)17-32-23-13-21(24(26)30)14-27-15-23/h5-15H,3-4,16-17H2,1-2H3,(H2,26,30)(H,28,31). The zero-order valence-electron chi connectivity index (χ0n) is 18.4. The summed E-state index contributed by atoms with van der Waals surface area (Å²) in [6.07, 6.45) is 2.91. The van der Waals surface area contributed by atoms with Crippen LogP contribution in [0.4, 0.5) is 5.69 Å². The molecule has 0 fully saturated rings. The molecule has 0 unspecified atom stereocenters. The average Bonchev–Trinajstić information content (AvgIpc) is 2.82. The molecule has 2 amide bonds. The highest BCUT2D eigenvalue weighted by Crippen LogP contribution is 2.17. The van der Waals surface area contributed by atoms with E-state index >= 15 is 0 Å². The molecule has 32 heavy (non-hydrogen) atoms. The van der Waals surface area contributed by atoms with Gasteiger partial charge in [0, 0.05) is 24.0 Å². The van der Waals surface area contributed by atoms with Gasteiger partial charge in [-0.05, 0) is 54.5 Å². The van der Waals surface area contributed by atoms with Crippen molar-refractivity contribution in [1.29, 1.82) is 0 Å². The van der Waals surface area contributed by atoms with E-state index in [-0.39, 0.29) is 18.1 Å². The second-order valence-corrected chi connectivity index (χ2v) is 7.38. The molecule has 7 heteroatoms. The molecule has 1 aromatic heterocycles. The number of carbonyl (C=O) groups is 2. The van der Waals surface area contributed by atoms with Crippen LogP contribution in [0.25, 0.3) is 0 Å². The quantitative estimate of drug-likeness (QED) is 0.507. The van der Waals surface area contributed by atoms with Crippen LogP contribution < -0.4 is 15.8 Å². The Balaban J connectivity index is 1.60. The van der Waals surface area contributed by atoms with Gasteiger partial charge in [-0.15, -0.1) is 0 Å². The van der Waals surface area contributed by atoms with Gasteiger partial charge < -0.3 is 15.8 Å². The van der Waals surface area contributed by atoms with Crippen LogP contribution in [0.1, 0.15) is 45.7 Å². The number of carbonyl (C=O) groups excluding carboxylic acids is 2. The third-order valence-corrected chi connectivity index (χ3v) is 5.10. The summed E-state index contributed by atoms with van der Waals surface area (Å²) in [5, 5.41) is 2.92. The molecular weight excluding hydrogens is 404 g/mol. The van der Waals surface area contributed by atoms with Crippen molar-refractivity contribution in [2.45, 2.75) is 27.0 Å². The van der Waals surface area contributed by atoms with Gasteiger partial charge in [0.25, 0.3) is 5.91 Å². The first-order chi connectivity index (χ1) is 15.5. The van der Waals surface area contributed by atoms with Crippen molar-refractivity contribution in [3.8, 4) is 5.75 Å². The molecule has 0 saturated carbocycles. The maximum absolute atomic E-state index is 12.6. The van der Waals surface area contributed by atoms with Crippen LogP contribution in [0, 0.1) is 0 Å². The van der Waals surface area contributed by atoms with E-state index in [1.54, 1.807) is 6.07 Å². The number of nitrogens with zero attached hydrogens (tertiary/aromatic N) is 2. The molecule has 0 aliphatic carbocycles. The summed E-state index contributed by atoms with van der Waals surface area (Å²) in [7, 11) is 0. The number of hydrogen-bond acceptors (Lipinski definition) is 5. The lowest BCUT2D eigenvalue weighted by atomic mass is 10.1. The molecule has 0 saturated heterocycles. The van der Waals surface area contributed by atoms with Crippen molar-refractivity contribution in [2.75, 3.05) is 18.4 Å². The first-order valence-corrected chi connectivity index (χ1v) is 10.6. The summed E-state index contributed by atoms with van der Waals surface area (Å²) in [5.41, 5.74) is 8.87. The lowest BCUT2D eigenvalue weighted by Gasteiger charge is -2.18. The Kier molecular flexibility index (Phi) is 7.94. The Labute approximate surface area is 188 Å². The molecule has 3 N–H and O–H groups in total. The fraction of sp³-hybridized carbons (Fsp3) is 0.240. The smallest absolute Gasteiger partial charge is 0.255 e. The third kappa shape index (κ3) is 6.39. The number of anilines is 1. The van der Waals surface area contributed by atoms with Gasteiger partial charge in [0.1, 0.15) is 12.4 Å². The summed E-state index contributed by atoms with van der Waals surface area (Å²) in [4.78, 5) is 30.2. The molecule has 2 aromatic carbocycles. The van der Waals surface area contributed by atoms with E-state index in [0.29, 0.717) is 17.0 Å². The molecule has 0 aliphatic heterocycles. The predicted molar refractivity (Wildman–Crippen MR) is 125 cm³/mol. The minimum absolute atomic E-state index is 0.171. The van der Waals surface area contributed by atoms with Crippen LogP contribution >= 0.6 is 0 Å². The van der Waals surface area contributed by atoms with Crippen molar-refractivity contribution < 1.29 is 14.3 Å². The first-order valence-electron chi connectivity index (χ1n) is 10.6. The molecule has 0 aliphatic rings.